The molecule has 1 fully saturated rings. The number of rotatable bonds is 4. The number of nitrogens with two attached hydrogens (primary N) is 1. The third kappa shape index (κ3) is 3.63. The molecule has 2 aromatic rings. The van der Waals surface area contributed by atoms with Crippen molar-refractivity contribution in [1.29, 1.82) is 0 Å². The normalized spacial score (nSPS) is 15.7. The summed E-state index contributed by atoms with van der Waals surface area (Å²) in [7, 11) is 0. The van der Waals surface area contributed by atoms with Gasteiger partial charge in [-0.25, -0.2) is 4.98 Å². The number of ether oxygens (including phenoxy) is 1. The monoisotopic (exact) mass is 333 g/mol. The minimum absolute atomic E-state index is 0.119. The average molecular weight is 334 g/mol. The van der Waals surface area contributed by atoms with Crippen LogP contribution in [0.15, 0.2) is 24.3 Å². The Labute approximate surface area is 140 Å². The van der Waals surface area contributed by atoms with E-state index in [0.717, 1.165) is 23.9 Å². The minimum Gasteiger partial charge on any atom is -0.381 e. The van der Waals surface area contributed by atoms with E-state index in [1.807, 2.05) is 18.2 Å². The number of benzene rings is 1. The molecule has 3 N–H and O–H groups in total. The van der Waals surface area contributed by atoms with Crippen molar-refractivity contribution in [3.63, 3.8) is 0 Å². The lowest BCUT2D eigenvalue weighted by molar-refractivity contribution is 0.0695. The van der Waals surface area contributed by atoms with Gasteiger partial charge in [-0.2, -0.15) is 0 Å². The topological polar surface area (TPSA) is 77.2 Å². The summed E-state index contributed by atoms with van der Waals surface area (Å²) in [4.78, 5) is 17.2. The Morgan fingerprint density at radius 3 is 2.91 bits per heavy atom. The van der Waals surface area contributed by atoms with E-state index >= 15 is 0 Å². The first kappa shape index (κ1) is 16.2. The molecule has 1 aliphatic rings. The van der Waals surface area contributed by atoms with Gasteiger partial charge in [-0.1, -0.05) is 23.7 Å². The van der Waals surface area contributed by atoms with Crippen molar-refractivity contribution >= 4 is 28.3 Å². The molecule has 1 aromatic heterocycles. The van der Waals surface area contributed by atoms with Gasteiger partial charge in [-0.15, -0.1) is 0 Å². The number of aromatic nitrogens is 1. The third-order valence-corrected chi connectivity index (χ3v) is 4.35. The molecule has 0 unspecified atom stereocenters. The maximum absolute atomic E-state index is 12.7. The van der Waals surface area contributed by atoms with Crippen molar-refractivity contribution in [3.8, 4) is 0 Å². The molecular formula is C17H20ClN3O2. The van der Waals surface area contributed by atoms with E-state index in [-0.39, 0.29) is 11.9 Å². The third-order valence-electron chi connectivity index (χ3n) is 4.03. The number of halogens is 1. The molecule has 0 bridgehead atoms. The van der Waals surface area contributed by atoms with Crippen LogP contribution < -0.4 is 11.1 Å². The lowest BCUT2D eigenvalue weighted by Gasteiger charge is -2.23. The van der Waals surface area contributed by atoms with Crippen molar-refractivity contribution in [1.82, 2.24) is 10.3 Å². The standard InChI is InChI=1S/C17H20ClN3O2/c18-14-3-1-2-11-10-13(4-7-19)20-16(15(11)14)17(22)21-12-5-8-23-9-6-12/h1-3,10,12H,4-9,19H2,(H,21,22). The van der Waals surface area contributed by atoms with Gasteiger partial charge in [0.15, 0.2) is 0 Å². The number of pyridine rings is 1. The zero-order chi connectivity index (χ0) is 16.2. The van der Waals surface area contributed by atoms with Gasteiger partial charge in [-0.3, -0.25) is 4.79 Å². The first-order valence-corrected chi connectivity index (χ1v) is 8.23. The largest absolute Gasteiger partial charge is 0.381 e. The van der Waals surface area contributed by atoms with Gasteiger partial charge in [0.1, 0.15) is 5.69 Å². The minimum atomic E-state index is -0.186. The van der Waals surface area contributed by atoms with E-state index in [4.69, 9.17) is 22.1 Å². The zero-order valence-corrected chi connectivity index (χ0v) is 13.6. The van der Waals surface area contributed by atoms with Crippen LogP contribution in [0, 0.1) is 0 Å². The van der Waals surface area contributed by atoms with Crippen LogP contribution >= 0.6 is 11.6 Å². The fourth-order valence-electron chi connectivity index (χ4n) is 2.86. The van der Waals surface area contributed by atoms with Gasteiger partial charge < -0.3 is 15.8 Å². The van der Waals surface area contributed by atoms with Crippen LogP contribution in [0.1, 0.15) is 29.0 Å². The van der Waals surface area contributed by atoms with Crippen molar-refractivity contribution in [2.45, 2.75) is 25.3 Å². The maximum Gasteiger partial charge on any atom is 0.270 e. The Morgan fingerprint density at radius 2 is 2.17 bits per heavy atom. The van der Waals surface area contributed by atoms with Gasteiger partial charge in [-0.05, 0) is 36.9 Å². The van der Waals surface area contributed by atoms with E-state index in [1.54, 1.807) is 6.07 Å². The number of hydrogen-bond acceptors (Lipinski definition) is 4. The summed E-state index contributed by atoms with van der Waals surface area (Å²) in [6, 6.07) is 7.65. The summed E-state index contributed by atoms with van der Waals surface area (Å²) in [5.74, 6) is -0.186. The number of nitrogens with one attached hydrogen (secondary N) is 1. The van der Waals surface area contributed by atoms with Gasteiger partial charge >= 0.3 is 0 Å². The molecule has 0 atom stereocenters. The highest BCUT2D eigenvalue weighted by molar-refractivity contribution is 6.36. The van der Waals surface area contributed by atoms with Crippen LogP contribution in [0.3, 0.4) is 0 Å². The lowest BCUT2D eigenvalue weighted by Crippen LogP contribution is -2.39. The average Bonchev–Trinajstić information content (AvgIpc) is 2.55. The highest BCUT2D eigenvalue weighted by Gasteiger charge is 2.21. The van der Waals surface area contributed by atoms with E-state index in [9.17, 15) is 4.79 Å². The molecule has 0 spiro atoms. The summed E-state index contributed by atoms with van der Waals surface area (Å²) in [6.45, 7) is 1.83. The second-order valence-corrected chi connectivity index (χ2v) is 6.11. The molecule has 5 nitrogen and oxygen atoms in total. The van der Waals surface area contributed by atoms with Crippen molar-refractivity contribution in [3.05, 3.63) is 40.7 Å². The Bertz CT molecular complexity index is 714. The first-order chi connectivity index (χ1) is 11.2. The molecule has 3 rings (SSSR count). The molecule has 122 valence electrons. The molecule has 0 aliphatic carbocycles. The Kier molecular flexibility index (Phi) is 5.10. The smallest absolute Gasteiger partial charge is 0.270 e. The number of fused-ring (bicyclic) bond motifs is 1. The van der Waals surface area contributed by atoms with E-state index < -0.39 is 0 Å². The highest BCUT2D eigenvalue weighted by Crippen LogP contribution is 2.27. The van der Waals surface area contributed by atoms with Crippen LogP contribution in [0.25, 0.3) is 10.8 Å². The van der Waals surface area contributed by atoms with Crippen LogP contribution in [0.5, 0.6) is 0 Å². The highest BCUT2D eigenvalue weighted by atomic mass is 35.5. The van der Waals surface area contributed by atoms with E-state index in [1.165, 1.54) is 0 Å². The predicted molar refractivity (Wildman–Crippen MR) is 90.8 cm³/mol. The maximum atomic E-state index is 12.7. The Morgan fingerprint density at radius 1 is 1.39 bits per heavy atom. The lowest BCUT2D eigenvalue weighted by atomic mass is 10.1. The fraction of sp³-hybridized carbons (Fsp3) is 0.412. The molecule has 1 saturated heterocycles. The van der Waals surface area contributed by atoms with Gasteiger partial charge in [0.2, 0.25) is 0 Å². The molecule has 6 heteroatoms. The number of carbonyl (C=O) groups is 1. The quantitative estimate of drug-likeness (QED) is 0.900. The first-order valence-electron chi connectivity index (χ1n) is 7.86. The van der Waals surface area contributed by atoms with Gasteiger partial charge in [0.05, 0.1) is 5.02 Å². The number of amides is 1. The summed E-state index contributed by atoms with van der Waals surface area (Å²) in [6.07, 6.45) is 2.26. The van der Waals surface area contributed by atoms with Gasteiger partial charge in [0.25, 0.3) is 5.91 Å². The van der Waals surface area contributed by atoms with Crippen LogP contribution in [0.2, 0.25) is 5.02 Å². The number of hydrogen-bond donors (Lipinski definition) is 2. The van der Waals surface area contributed by atoms with Crippen molar-refractivity contribution < 1.29 is 9.53 Å². The van der Waals surface area contributed by atoms with E-state index in [2.05, 4.69) is 10.3 Å². The zero-order valence-electron chi connectivity index (χ0n) is 12.8. The van der Waals surface area contributed by atoms with E-state index in [0.29, 0.717) is 42.3 Å². The molecule has 23 heavy (non-hydrogen) atoms. The summed E-state index contributed by atoms with van der Waals surface area (Å²) in [5.41, 5.74) is 6.81. The van der Waals surface area contributed by atoms with Gasteiger partial charge in [0, 0.05) is 36.8 Å². The molecule has 1 aromatic carbocycles. The second-order valence-electron chi connectivity index (χ2n) is 5.70. The molecule has 0 radical (unpaired) electrons. The summed E-state index contributed by atoms with van der Waals surface area (Å²) >= 11 is 6.31. The number of nitrogens with zero attached hydrogens (tertiary/aromatic N) is 1. The molecular weight excluding hydrogens is 314 g/mol. The predicted octanol–water partition coefficient (Wildman–Crippen LogP) is 2.30. The molecule has 1 aliphatic heterocycles. The van der Waals surface area contributed by atoms with Crippen LogP contribution in [0.4, 0.5) is 0 Å². The molecule has 2 heterocycles. The van der Waals surface area contributed by atoms with Crippen LogP contribution in [-0.2, 0) is 11.2 Å². The Hall–Kier alpha value is -1.69. The van der Waals surface area contributed by atoms with Crippen molar-refractivity contribution in [2.75, 3.05) is 19.8 Å². The molecule has 0 saturated carbocycles. The Balaban J connectivity index is 1.97. The molecule has 1 amide bonds. The summed E-state index contributed by atoms with van der Waals surface area (Å²) in [5, 5.41) is 5.19. The fourth-order valence-corrected chi connectivity index (χ4v) is 3.13. The summed E-state index contributed by atoms with van der Waals surface area (Å²) < 4.78 is 5.33. The SMILES string of the molecule is NCCc1cc2cccc(Cl)c2c(C(=O)NC2CCOCC2)n1. The number of carbonyl (C=O) groups excluding carboxylic acids is 1. The van der Waals surface area contributed by atoms with Crippen molar-refractivity contribution in [2.24, 2.45) is 5.73 Å². The van der Waals surface area contributed by atoms with Crippen LogP contribution in [-0.4, -0.2) is 36.7 Å². The second kappa shape index (κ2) is 7.25.